The van der Waals surface area contributed by atoms with Crippen molar-refractivity contribution >= 4 is 10.9 Å². The van der Waals surface area contributed by atoms with E-state index in [1.807, 2.05) is 24.3 Å². The Labute approximate surface area is 116 Å². The van der Waals surface area contributed by atoms with Gasteiger partial charge in [0.25, 0.3) is 0 Å². The highest BCUT2D eigenvalue weighted by atomic mass is 16.5. The molecule has 1 aromatic carbocycles. The molecule has 5 nitrogen and oxygen atoms in total. The molecule has 1 aromatic heterocycles. The van der Waals surface area contributed by atoms with E-state index in [4.69, 9.17) is 9.47 Å². The van der Waals surface area contributed by atoms with Gasteiger partial charge < -0.3 is 19.7 Å². The van der Waals surface area contributed by atoms with Crippen LogP contribution in [-0.2, 0) is 0 Å². The smallest absolute Gasteiger partial charge is 0.224 e. The summed E-state index contributed by atoms with van der Waals surface area (Å²) in [6.07, 6.45) is -1.74. The highest BCUT2D eigenvalue weighted by molar-refractivity contribution is 5.88. The number of aliphatic hydroxyl groups excluding tert-OH is 1. The molecule has 0 aliphatic carbocycles. The minimum absolute atomic E-state index is 0.320. The van der Waals surface area contributed by atoms with E-state index in [-0.39, 0.29) is 0 Å². The van der Waals surface area contributed by atoms with Crippen molar-refractivity contribution in [2.75, 3.05) is 7.11 Å². The first kappa shape index (κ1) is 13.1. The lowest BCUT2D eigenvalue weighted by Crippen LogP contribution is -2.41. The molecule has 0 fully saturated rings. The number of aliphatic hydroxyl groups is 2. The number of fused-ring (bicyclic) bond motifs is 2. The molecule has 0 amide bonds. The van der Waals surface area contributed by atoms with Crippen LogP contribution in [0.3, 0.4) is 0 Å². The predicted octanol–water partition coefficient (Wildman–Crippen LogP) is 1.81. The van der Waals surface area contributed by atoms with Gasteiger partial charge in [-0.15, -0.1) is 0 Å². The Morgan fingerprint density at radius 2 is 2.00 bits per heavy atom. The number of ether oxygens (including phenoxy) is 2. The van der Waals surface area contributed by atoms with Crippen LogP contribution in [0.5, 0.6) is 11.6 Å². The number of hydrogen-bond donors (Lipinski definition) is 2. The third-order valence-corrected chi connectivity index (χ3v) is 3.57. The molecule has 2 heterocycles. The first-order valence-electron chi connectivity index (χ1n) is 6.47. The summed E-state index contributed by atoms with van der Waals surface area (Å²) in [4.78, 5) is 4.41. The maximum absolute atomic E-state index is 10.4. The zero-order valence-corrected chi connectivity index (χ0v) is 11.6. The molecule has 0 spiro atoms. The zero-order chi connectivity index (χ0) is 14.5. The fourth-order valence-corrected chi connectivity index (χ4v) is 2.61. The Bertz CT molecular complexity index is 663. The molecule has 5 heteroatoms. The van der Waals surface area contributed by atoms with Crippen molar-refractivity contribution in [2.45, 2.75) is 31.7 Å². The number of rotatable bonds is 2. The number of aromatic nitrogens is 1. The number of hydrogen-bond acceptors (Lipinski definition) is 5. The van der Waals surface area contributed by atoms with Gasteiger partial charge in [0.05, 0.1) is 23.8 Å². The topological polar surface area (TPSA) is 71.8 Å². The average molecular weight is 275 g/mol. The van der Waals surface area contributed by atoms with Crippen LogP contribution in [0.25, 0.3) is 10.9 Å². The van der Waals surface area contributed by atoms with Crippen molar-refractivity contribution in [3.63, 3.8) is 0 Å². The third-order valence-electron chi connectivity index (χ3n) is 3.57. The Morgan fingerprint density at radius 3 is 2.65 bits per heavy atom. The molecular weight excluding hydrogens is 258 g/mol. The van der Waals surface area contributed by atoms with Gasteiger partial charge in [0.1, 0.15) is 11.9 Å². The predicted molar refractivity (Wildman–Crippen MR) is 74.0 cm³/mol. The highest BCUT2D eigenvalue weighted by Gasteiger charge is 2.45. The second-order valence-corrected chi connectivity index (χ2v) is 5.52. The Hall–Kier alpha value is -1.85. The summed E-state index contributed by atoms with van der Waals surface area (Å²) in [5.74, 6) is 0.866. The molecule has 2 atom stereocenters. The molecule has 20 heavy (non-hydrogen) atoms. The quantitative estimate of drug-likeness (QED) is 0.874. The van der Waals surface area contributed by atoms with Gasteiger partial charge in [-0.25, -0.2) is 4.98 Å². The monoisotopic (exact) mass is 275 g/mol. The van der Waals surface area contributed by atoms with Gasteiger partial charge in [-0.2, -0.15) is 0 Å². The maximum atomic E-state index is 10.4. The van der Waals surface area contributed by atoms with E-state index in [9.17, 15) is 10.2 Å². The first-order valence-corrected chi connectivity index (χ1v) is 6.47. The van der Waals surface area contributed by atoms with E-state index < -0.39 is 17.8 Å². The molecule has 1 aliphatic rings. The van der Waals surface area contributed by atoms with Gasteiger partial charge in [-0.3, -0.25) is 0 Å². The molecule has 106 valence electrons. The minimum atomic E-state index is -1.18. The van der Waals surface area contributed by atoms with Gasteiger partial charge in [-0.05, 0) is 26.0 Å². The van der Waals surface area contributed by atoms with Crippen LogP contribution in [0.4, 0.5) is 0 Å². The molecule has 0 saturated heterocycles. The minimum Gasteiger partial charge on any atom is -0.495 e. The normalized spacial score (nSPS) is 21.6. The van der Waals surface area contributed by atoms with E-state index in [0.717, 1.165) is 10.9 Å². The van der Waals surface area contributed by atoms with E-state index in [2.05, 4.69) is 4.98 Å². The molecule has 3 rings (SSSR count). The lowest BCUT2D eigenvalue weighted by Gasteiger charge is -2.26. The maximum Gasteiger partial charge on any atom is 0.224 e. The Balaban J connectivity index is 2.23. The fraction of sp³-hybridized carbons (Fsp3) is 0.400. The van der Waals surface area contributed by atoms with E-state index in [1.165, 1.54) is 0 Å². The average Bonchev–Trinajstić information content (AvgIpc) is 2.73. The lowest BCUT2D eigenvalue weighted by molar-refractivity contribution is -0.0773. The molecule has 1 aliphatic heterocycles. The molecule has 0 unspecified atom stereocenters. The number of methoxy groups -OCH3 is 1. The molecule has 0 saturated carbocycles. The lowest BCUT2D eigenvalue weighted by atomic mass is 9.94. The number of nitrogens with zero attached hydrogens (tertiary/aromatic N) is 1. The van der Waals surface area contributed by atoms with E-state index >= 15 is 0 Å². The first-order chi connectivity index (χ1) is 9.43. The third kappa shape index (κ3) is 1.82. The highest BCUT2D eigenvalue weighted by Crippen LogP contribution is 2.47. The van der Waals surface area contributed by atoms with Gasteiger partial charge in [0.15, 0.2) is 6.10 Å². The summed E-state index contributed by atoms with van der Waals surface area (Å²) in [6, 6.07) is 7.49. The molecule has 2 N–H and O–H groups in total. The summed E-state index contributed by atoms with van der Waals surface area (Å²) in [7, 11) is 1.55. The molecular formula is C15H17NO4. The number of benzene rings is 1. The number of para-hydroxylation sites is 1. The van der Waals surface area contributed by atoms with Crippen LogP contribution in [0, 0.1) is 0 Å². The molecule has 2 aromatic rings. The summed E-state index contributed by atoms with van der Waals surface area (Å²) in [5, 5.41) is 21.4. The van der Waals surface area contributed by atoms with Gasteiger partial charge in [0, 0.05) is 5.39 Å². The van der Waals surface area contributed by atoms with Gasteiger partial charge >= 0.3 is 0 Å². The Morgan fingerprint density at radius 1 is 1.30 bits per heavy atom. The zero-order valence-electron chi connectivity index (χ0n) is 11.6. The van der Waals surface area contributed by atoms with Crippen molar-refractivity contribution in [3.8, 4) is 11.6 Å². The summed E-state index contributed by atoms with van der Waals surface area (Å²) >= 11 is 0. The standard InChI is InChI=1S/C15H17NO4/c1-15(2,18)13-11(17)10-12(19-3)8-6-4-5-7-9(8)16-14(10)20-13/h4-7,11,13,17-18H,1-3H3/t11-,13-/m0/s1. The largest absolute Gasteiger partial charge is 0.495 e. The second-order valence-electron chi connectivity index (χ2n) is 5.52. The van der Waals surface area contributed by atoms with Crippen LogP contribution >= 0.6 is 0 Å². The van der Waals surface area contributed by atoms with Gasteiger partial charge in [0.2, 0.25) is 5.88 Å². The summed E-state index contributed by atoms with van der Waals surface area (Å²) in [6.45, 7) is 3.19. The van der Waals surface area contributed by atoms with Crippen molar-refractivity contribution in [3.05, 3.63) is 29.8 Å². The van der Waals surface area contributed by atoms with Crippen LogP contribution in [-0.4, -0.2) is 34.0 Å². The van der Waals surface area contributed by atoms with E-state index in [0.29, 0.717) is 17.2 Å². The molecule has 0 radical (unpaired) electrons. The van der Waals surface area contributed by atoms with Crippen molar-refractivity contribution in [2.24, 2.45) is 0 Å². The number of pyridine rings is 1. The summed E-state index contributed by atoms with van der Waals surface area (Å²) < 4.78 is 11.1. The van der Waals surface area contributed by atoms with Crippen LogP contribution in [0.15, 0.2) is 24.3 Å². The van der Waals surface area contributed by atoms with Crippen LogP contribution in [0.2, 0.25) is 0 Å². The fourth-order valence-electron chi connectivity index (χ4n) is 2.61. The van der Waals surface area contributed by atoms with Crippen molar-refractivity contribution in [1.29, 1.82) is 0 Å². The molecule has 0 bridgehead atoms. The van der Waals surface area contributed by atoms with Crippen LogP contribution in [0.1, 0.15) is 25.5 Å². The Kier molecular flexibility index (Phi) is 2.84. The van der Waals surface area contributed by atoms with E-state index in [1.54, 1.807) is 21.0 Å². The van der Waals surface area contributed by atoms with Crippen LogP contribution < -0.4 is 9.47 Å². The SMILES string of the molecule is COc1c2c(nc3ccccc13)O[C@H](C(C)(C)O)[C@H]2O. The van der Waals surface area contributed by atoms with Gasteiger partial charge in [-0.1, -0.05) is 12.1 Å². The second kappa shape index (κ2) is 4.33. The summed E-state index contributed by atoms with van der Waals surface area (Å²) in [5.41, 5.74) is 0.0436. The van der Waals surface area contributed by atoms with Crippen molar-refractivity contribution in [1.82, 2.24) is 4.98 Å². The van der Waals surface area contributed by atoms with Crippen molar-refractivity contribution < 1.29 is 19.7 Å².